The lowest BCUT2D eigenvalue weighted by Gasteiger charge is -2.24. The maximum atomic E-state index is 5.68. The fourth-order valence-electron chi connectivity index (χ4n) is 2.23. The van der Waals surface area contributed by atoms with Crippen molar-refractivity contribution in [3.63, 3.8) is 0 Å². The number of aromatic nitrogens is 2. The van der Waals surface area contributed by atoms with Gasteiger partial charge in [0, 0.05) is 39.4 Å². The molecule has 0 spiro atoms. The molecule has 6 nitrogen and oxygen atoms in total. The molecule has 0 radical (unpaired) electrons. The SMILES string of the molecule is CCOCc1nc(NC)cc(N2CCCOC(C)C2)n1. The summed E-state index contributed by atoms with van der Waals surface area (Å²) < 4.78 is 11.1. The quantitative estimate of drug-likeness (QED) is 0.885. The van der Waals surface area contributed by atoms with Crippen LogP contribution in [0.4, 0.5) is 11.6 Å². The van der Waals surface area contributed by atoms with Gasteiger partial charge in [-0.1, -0.05) is 0 Å². The van der Waals surface area contributed by atoms with Gasteiger partial charge >= 0.3 is 0 Å². The van der Waals surface area contributed by atoms with Crippen LogP contribution in [0.15, 0.2) is 6.07 Å². The molecule has 1 fully saturated rings. The van der Waals surface area contributed by atoms with Gasteiger partial charge in [0.25, 0.3) is 0 Å². The maximum absolute atomic E-state index is 5.68. The standard InChI is InChI=1S/C14H24N4O2/c1-4-19-10-13-16-12(15-3)8-14(17-13)18-6-5-7-20-11(2)9-18/h8,11H,4-7,9-10H2,1-3H3,(H,15,16,17). The number of nitrogens with zero attached hydrogens (tertiary/aromatic N) is 3. The van der Waals surface area contributed by atoms with E-state index in [0.717, 1.165) is 37.8 Å². The van der Waals surface area contributed by atoms with E-state index in [9.17, 15) is 0 Å². The zero-order valence-corrected chi connectivity index (χ0v) is 12.6. The number of ether oxygens (including phenoxy) is 2. The molecule has 1 saturated heterocycles. The predicted octanol–water partition coefficient (Wildman–Crippen LogP) is 1.67. The number of hydrogen-bond donors (Lipinski definition) is 1. The third-order valence-corrected chi connectivity index (χ3v) is 3.23. The van der Waals surface area contributed by atoms with Gasteiger partial charge in [-0.2, -0.15) is 0 Å². The minimum absolute atomic E-state index is 0.223. The molecule has 1 aromatic heterocycles. The molecule has 20 heavy (non-hydrogen) atoms. The molecule has 1 atom stereocenters. The first-order chi connectivity index (χ1) is 9.72. The van der Waals surface area contributed by atoms with Gasteiger partial charge < -0.3 is 19.7 Å². The Kier molecular flexibility index (Phi) is 5.55. The summed E-state index contributed by atoms with van der Waals surface area (Å²) in [4.78, 5) is 11.3. The summed E-state index contributed by atoms with van der Waals surface area (Å²) in [6.07, 6.45) is 1.24. The number of hydrogen-bond acceptors (Lipinski definition) is 6. The molecular weight excluding hydrogens is 256 g/mol. The van der Waals surface area contributed by atoms with Crippen LogP contribution in [0, 0.1) is 0 Å². The Morgan fingerprint density at radius 1 is 1.50 bits per heavy atom. The van der Waals surface area contributed by atoms with E-state index in [1.54, 1.807) is 0 Å². The first-order valence-corrected chi connectivity index (χ1v) is 7.23. The van der Waals surface area contributed by atoms with Crippen LogP contribution in [0.2, 0.25) is 0 Å². The van der Waals surface area contributed by atoms with E-state index < -0.39 is 0 Å². The highest BCUT2D eigenvalue weighted by molar-refractivity contribution is 5.49. The summed E-state index contributed by atoms with van der Waals surface area (Å²) in [5.74, 6) is 2.48. The summed E-state index contributed by atoms with van der Waals surface area (Å²) in [7, 11) is 1.87. The zero-order valence-electron chi connectivity index (χ0n) is 12.6. The third-order valence-electron chi connectivity index (χ3n) is 3.23. The molecule has 112 valence electrons. The van der Waals surface area contributed by atoms with E-state index in [-0.39, 0.29) is 6.10 Å². The Hall–Kier alpha value is -1.40. The largest absolute Gasteiger partial charge is 0.377 e. The highest BCUT2D eigenvalue weighted by Gasteiger charge is 2.17. The maximum Gasteiger partial charge on any atom is 0.158 e. The summed E-state index contributed by atoms with van der Waals surface area (Å²) >= 11 is 0. The van der Waals surface area contributed by atoms with Crippen molar-refractivity contribution >= 4 is 11.6 Å². The van der Waals surface area contributed by atoms with Crippen molar-refractivity contribution in [2.45, 2.75) is 33.0 Å². The second-order valence-corrected chi connectivity index (χ2v) is 4.90. The molecule has 1 aliphatic heterocycles. The van der Waals surface area contributed by atoms with Gasteiger partial charge in [-0.15, -0.1) is 0 Å². The first kappa shape index (κ1) is 15.0. The van der Waals surface area contributed by atoms with Crippen molar-refractivity contribution in [3.05, 3.63) is 11.9 Å². The summed E-state index contributed by atoms with van der Waals surface area (Å²) in [5.41, 5.74) is 0. The fourth-order valence-corrected chi connectivity index (χ4v) is 2.23. The lowest BCUT2D eigenvalue weighted by molar-refractivity contribution is 0.0820. The molecule has 2 rings (SSSR count). The summed E-state index contributed by atoms with van der Waals surface area (Å²) in [6, 6.07) is 1.98. The van der Waals surface area contributed by atoms with Crippen molar-refractivity contribution < 1.29 is 9.47 Å². The van der Waals surface area contributed by atoms with Gasteiger partial charge in [0.05, 0.1) is 6.10 Å². The molecule has 1 unspecified atom stereocenters. The first-order valence-electron chi connectivity index (χ1n) is 7.23. The van der Waals surface area contributed by atoms with Crippen LogP contribution in [0.1, 0.15) is 26.1 Å². The lowest BCUT2D eigenvalue weighted by atomic mass is 10.3. The Bertz CT molecular complexity index is 428. The smallest absolute Gasteiger partial charge is 0.158 e. The van der Waals surface area contributed by atoms with Crippen molar-refractivity contribution in [3.8, 4) is 0 Å². The molecule has 2 heterocycles. The molecule has 6 heteroatoms. The molecule has 1 N–H and O–H groups in total. The number of rotatable bonds is 5. The van der Waals surface area contributed by atoms with Crippen LogP contribution >= 0.6 is 0 Å². The Labute approximate surface area is 120 Å². The van der Waals surface area contributed by atoms with Crippen LogP contribution in [-0.4, -0.2) is 49.4 Å². The van der Waals surface area contributed by atoms with E-state index in [1.165, 1.54) is 0 Å². The molecule has 0 amide bonds. The van der Waals surface area contributed by atoms with Crippen LogP contribution in [-0.2, 0) is 16.1 Å². The van der Waals surface area contributed by atoms with Crippen molar-refractivity contribution in [2.75, 3.05) is 43.6 Å². The lowest BCUT2D eigenvalue weighted by Crippen LogP contribution is -2.31. The Morgan fingerprint density at radius 2 is 2.35 bits per heavy atom. The topological polar surface area (TPSA) is 59.5 Å². The van der Waals surface area contributed by atoms with Crippen molar-refractivity contribution in [1.29, 1.82) is 0 Å². The van der Waals surface area contributed by atoms with Gasteiger partial charge in [0.15, 0.2) is 5.82 Å². The minimum atomic E-state index is 0.223. The molecule has 0 aliphatic carbocycles. The van der Waals surface area contributed by atoms with E-state index in [2.05, 4.69) is 27.1 Å². The minimum Gasteiger partial charge on any atom is -0.377 e. The van der Waals surface area contributed by atoms with Crippen LogP contribution in [0.25, 0.3) is 0 Å². The van der Waals surface area contributed by atoms with Crippen molar-refractivity contribution in [2.24, 2.45) is 0 Å². The van der Waals surface area contributed by atoms with E-state index in [0.29, 0.717) is 19.0 Å². The molecular formula is C14H24N4O2. The van der Waals surface area contributed by atoms with Gasteiger partial charge in [-0.05, 0) is 20.3 Å². The van der Waals surface area contributed by atoms with Gasteiger partial charge in [0.1, 0.15) is 18.2 Å². The second kappa shape index (κ2) is 7.40. The van der Waals surface area contributed by atoms with Crippen molar-refractivity contribution in [1.82, 2.24) is 9.97 Å². The number of nitrogens with one attached hydrogen (secondary N) is 1. The van der Waals surface area contributed by atoms with Gasteiger partial charge in [0.2, 0.25) is 0 Å². The predicted molar refractivity (Wildman–Crippen MR) is 79.2 cm³/mol. The van der Waals surface area contributed by atoms with Crippen LogP contribution in [0.5, 0.6) is 0 Å². The molecule has 1 aliphatic rings. The summed E-state index contributed by atoms with van der Waals surface area (Å²) in [5, 5.41) is 3.09. The van der Waals surface area contributed by atoms with Crippen LogP contribution < -0.4 is 10.2 Å². The average molecular weight is 280 g/mol. The zero-order chi connectivity index (χ0) is 14.4. The molecule has 0 saturated carbocycles. The van der Waals surface area contributed by atoms with Crippen LogP contribution in [0.3, 0.4) is 0 Å². The summed E-state index contributed by atoms with van der Waals surface area (Å²) in [6.45, 7) is 7.80. The van der Waals surface area contributed by atoms with Gasteiger partial charge in [-0.3, -0.25) is 0 Å². The number of anilines is 2. The monoisotopic (exact) mass is 280 g/mol. The van der Waals surface area contributed by atoms with Gasteiger partial charge in [-0.25, -0.2) is 9.97 Å². The molecule has 0 aromatic carbocycles. The Morgan fingerprint density at radius 3 is 3.10 bits per heavy atom. The Balaban J connectivity index is 2.19. The normalized spacial score (nSPS) is 19.8. The van der Waals surface area contributed by atoms with E-state index in [4.69, 9.17) is 9.47 Å². The highest BCUT2D eigenvalue weighted by Crippen LogP contribution is 2.19. The molecule has 0 bridgehead atoms. The second-order valence-electron chi connectivity index (χ2n) is 4.90. The average Bonchev–Trinajstić information content (AvgIpc) is 2.69. The third kappa shape index (κ3) is 4.05. The van der Waals surface area contributed by atoms with E-state index in [1.807, 2.05) is 20.0 Å². The highest BCUT2D eigenvalue weighted by atomic mass is 16.5. The van der Waals surface area contributed by atoms with E-state index >= 15 is 0 Å². The fraction of sp³-hybridized carbons (Fsp3) is 0.714. The molecule has 1 aromatic rings.